The molecule has 4 aromatic rings. The van der Waals surface area contributed by atoms with Gasteiger partial charge in [0.05, 0.1) is 16.7 Å². The lowest BCUT2D eigenvalue weighted by Gasteiger charge is -2.35. The van der Waals surface area contributed by atoms with Crippen molar-refractivity contribution in [3.05, 3.63) is 74.7 Å². The highest BCUT2D eigenvalue weighted by Gasteiger charge is 2.39. The first kappa shape index (κ1) is 27.1. The van der Waals surface area contributed by atoms with Gasteiger partial charge in [-0.3, -0.25) is 20.1 Å². The molecule has 1 fully saturated rings. The third-order valence-electron chi connectivity index (χ3n) is 7.99. The van der Waals surface area contributed by atoms with Gasteiger partial charge >= 0.3 is 6.18 Å². The number of H-pyrrole nitrogens is 2. The van der Waals surface area contributed by atoms with Gasteiger partial charge in [-0.1, -0.05) is 29.8 Å². The van der Waals surface area contributed by atoms with Crippen molar-refractivity contribution in [1.29, 1.82) is 5.41 Å². The first-order valence-corrected chi connectivity index (χ1v) is 13.7. The van der Waals surface area contributed by atoms with Crippen LogP contribution in [-0.2, 0) is 17.8 Å². The Labute approximate surface area is 237 Å². The molecule has 2 aromatic carbocycles. The Morgan fingerprint density at radius 2 is 1.93 bits per heavy atom. The van der Waals surface area contributed by atoms with Gasteiger partial charge in [-0.05, 0) is 53.5 Å². The second-order valence-corrected chi connectivity index (χ2v) is 11.0. The zero-order valence-corrected chi connectivity index (χ0v) is 22.6. The second-order valence-electron chi connectivity index (χ2n) is 10.6. The van der Waals surface area contributed by atoms with Gasteiger partial charge in [-0.25, -0.2) is 0 Å². The van der Waals surface area contributed by atoms with Crippen LogP contribution in [0, 0.1) is 5.41 Å². The lowest BCUT2D eigenvalue weighted by atomic mass is 9.89. The maximum Gasteiger partial charge on any atom is 0.406 e. The van der Waals surface area contributed by atoms with Crippen molar-refractivity contribution in [2.24, 2.45) is 0 Å². The number of guanidine groups is 1. The first-order valence-electron chi connectivity index (χ1n) is 13.3. The molecule has 1 saturated heterocycles. The number of aromatic amines is 2. The van der Waals surface area contributed by atoms with E-state index in [4.69, 9.17) is 17.0 Å². The second kappa shape index (κ2) is 10.4. The minimum atomic E-state index is -4.59. The van der Waals surface area contributed by atoms with E-state index in [2.05, 4.69) is 20.5 Å². The molecule has 0 saturated carbocycles. The lowest BCUT2D eigenvalue weighted by Crippen LogP contribution is -2.54. The van der Waals surface area contributed by atoms with Gasteiger partial charge in [0, 0.05) is 42.5 Å². The maximum absolute atomic E-state index is 13.5. The predicted molar refractivity (Wildman–Crippen MR) is 149 cm³/mol. The number of pyridine rings is 1. The van der Waals surface area contributed by atoms with Crippen LogP contribution in [0.1, 0.15) is 35.4 Å². The van der Waals surface area contributed by atoms with Crippen molar-refractivity contribution in [2.75, 3.05) is 19.6 Å². The fourth-order valence-corrected chi connectivity index (χ4v) is 6.22. The lowest BCUT2D eigenvalue weighted by molar-refractivity contribution is -0.163. The van der Waals surface area contributed by atoms with E-state index in [1.54, 1.807) is 11.0 Å². The van der Waals surface area contributed by atoms with Crippen LogP contribution in [0.25, 0.3) is 21.8 Å². The summed E-state index contributed by atoms with van der Waals surface area (Å²) in [4.78, 5) is 31.6. The molecule has 0 bridgehead atoms. The van der Waals surface area contributed by atoms with Gasteiger partial charge < -0.3 is 20.1 Å². The van der Waals surface area contributed by atoms with Gasteiger partial charge in [0.2, 0.25) is 5.91 Å². The van der Waals surface area contributed by atoms with E-state index in [1.165, 1.54) is 6.20 Å². The number of amides is 1. The van der Waals surface area contributed by atoms with Crippen LogP contribution in [-0.4, -0.2) is 68.7 Å². The molecule has 2 aliphatic rings. The first-order chi connectivity index (χ1) is 19.6. The standard InChI is InChI=1S/C28H27ClF3N7O2/c29-21-10-17-11-23(26(41)39(14-28(30,31)32)13-20(17)19-12-34-37-24(19)21)36-27(33)38-7-5-15(6-8-38)18-9-16-3-1-2-4-22(16)35-25(18)40/h1-4,9-10,12,15,23H,5-8,11,13-14H2,(H2,33,36)(H,34,37)(H,35,40)/t23-/m1/s1. The van der Waals surface area contributed by atoms with Crippen LogP contribution >= 0.6 is 11.6 Å². The van der Waals surface area contributed by atoms with Crippen molar-refractivity contribution < 1.29 is 18.0 Å². The number of nitrogens with zero attached hydrogens (tertiary/aromatic N) is 3. The van der Waals surface area contributed by atoms with Gasteiger partial charge in [-0.2, -0.15) is 18.3 Å². The molecule has 2 aromatic heterocycles. The number of para-hydroxylation sites is 1. The van der Waals surface area contributed by atoms with Gasteiger partial charge in [0.25, 0.3) is 5.56 Å². The van der Waals surface area contributed by atoms with Crippen LogP contribution in [0.4, 0.5) is 13.2 Å². The van der Waals surface area contributed by atoms with Crippen molar-refractivity contribution >= 4 is 45.3 Å². The zero-order valence-electron chi connectivity index (χ0n) is 21.8. The number of likely N-dealkylation sites (tertiary alicyclic amines) is 1. The average Bonchev–Trinajstić information content (AvgIpc) is 3.39. The van der Waals surface area contributed by atoms with Crippen molar-refractivity contribution in [2.45, 2.75) is 43.9 Å². The molecule has 0 aliphatic carbocycles. The number of aromatic nitrogens is 3. The molecule has 9 nitrogen and oxygen atoms in total. The predicted octanol–water partition coefficient (Wildman–Crippen LogP) is 4.28. The summed E-state index contributed by atoms with van der Waals surface area (Å²) in [6, 6.07) is 10.0. The number of fused-ring (bicyclic) bond motifs is 4. The van der Waals surface area contributed by atoms with Crippen molar-refractivity contribution in [3.63, 3.8) is 0 Å². The Kier molecular flexibility index (Phi) is 6.88. The Morgan fingerprint density at radius 1 is 1.17 bits per heavy atom. The Hall–Kier alpha value is -4.06. The molecule has 1 amide bonds. The molecule has 1 atom stereocenters. The van der Waals surface area contributed by atoms with Crippen LogP contribution in [0.5, 0.6) is 0 Å². The van der Waals surface area contributed by atoms with Crippen LogP contribution in [0.3, 0.4) is 0 Å². The topological polar surface area (TPSA) is 121 Å². The van der Waals surface area contributed by atoms with Gasteiger partial charge in [-0.15, -0.1) is 0 Å². The van der Waals surface area contributed by atoms with E-state index in [0.29, 0.717) is 58.5 Å². The number of rotatable bonds is 3. The Bertz CT molecular complexity index is 1710. The third kappa shape index (κ3) is 5.35. The SMILES string of the molecule is N=C(N[C@@H]1Cc2cc(Cl)c3[nH]ncc3c2CN(CC(F)(F)F)C1=O)N1CCC(c2cc3ccccc3[nH]c2=O)CC1. The summed E-state index contributed by atoms with van der Waals surface area (Å²) in [6.45, 7) is -0.759. The minimum absolute atomic E-state index is 0.000540. The molecule has 0 spiro atoms. The van der Waals surface area contributed by atoms with E-state index in [-0.39, 0.29) is 30.4 Å². The van der Waals surface area contributed by atoms with Crippen LogP contribution in [0.2, 0.25) is 5.02 Å². The fourth-order valence-electron chi connectivity index (χ4n) is 5.95. The molecule has 214 valence electrons. The highest BCUT2D eigenvalue weighted by molar-refractivity contribution is 6.35. The van der Waals surface area contributed by atoms with Crippen molar-refractivity contribution in [3.8, 4) is 0 Å². The van der Waals surface area contributed by atoms with Crippen LogP contribution in [0.15, 0.2) is 47.4 Å². The number of halogens is 4. The van der Waals surface area contributed by atoms with E-state index < -0.39 is 24.7 Å². The third-order valence-corrected chi connectivity index (χ3v) is 8.29. The molecule has 13 heteroatoms. The molecule has 0 radical (unpaired) electrons. The smallest absolute Gasteiger partial charge is 0.344 e. The summed E-state index contributed by atoms with van der Waals surface area (Å²) in [5, 5.41) is 20.2. The number of carbonyl (C=O) groups excluding carboxylic acids is 1. The monoisotopic (exact) mass is 585 g/mol. The number of hydrogen-bond donors (Lipinski definition) is 4. The van der Waals surface area contributed by atoms with E-state index in [1.807, 2.05) is 30.3 Å². The highest BCUT2D eigenvalue weighted by Crippen LogP contribution is 2.33. The zero-order chi connectivity index (χ0) is 28.9. The molecular formula is C28H27ClF3N7O2. The summed E-state index contributed by atoms with van der Waals surface area (Å²) >= 11 is 6.41. The van der Waals surface area contributed by atoms with Gasteiger partial charge in [0.1, 0.15) is 12.6 Å². The van der Waals surface area contributed by atoms with Crippen molar-refractivity contribution in [1.82, 2.24) is 30.3 Å². The number of piperidine rings is 1. The largest absolute Gasteiger partial charge is 0.406 e. The summed E-state index contributed by atoms with van der Waals surface area (Å²) in [5.41, 5.74) is 3.01. The number of alkyl halides is 3. The average molecular weight is 586 g/mol. The quantitative estimate of drug-likeness (QED) is 0.211. The summed E-state index contributed by atoms with van der Waals surface area (Å²) in [7, 11) is 0. The Balaban J connectivity index is 1.20. The summed E-state index contributed by atoms with van der Waals surface area (Å²) in [6.07, 6.45) is -1.81. The molecule has 41 heavy (non-hydrogen) atoms. The highest BCUT2D eigenvalue weighted by atomic mass is 35.5. The minimum Gasteiger partial charge on any atom is -0.344 e. The van der Waals surface area contributed by atoms with E-state index in [9.17, 15) is 22.8 Å². The summed E-state index contributed by atoms with van der Waals surface area (Å²) < 4.78 is 40.4. The number of nitrogens with one attached hydrogen (secondary N) is 4. The fraction of sp³-hybridized carbons (Fsp3) is 0.357. The normalized spacial score (nSPS) is 18.5. The Morgan fingerprint density at radius 3 is 2.68 bits per heavy atom. The molecule has 4 heterocycles. The number of hydrogen-bond acceptors (Lipinski definition) is 4. The molecule has 0 unspecified atom stereocenters. The van der Waals surface area contributed by atoms with E-state index >= 15 is 0 Å². The molecule has 6 rings (SSSR count). The van der Waals surface area contributed by atoms with Gasteiger partial charge in [0.15, 0.2) is 5.96 Å². The molecule has 4 N–H and O–H groups in total. The maximum atomic E-state index is 13.5. The molecule has 2 aliphatic heterocycles. The molecular weight excluding hydrogens is 559 g/mol. The summed E-state index contributed by atoms with van der Waals surface area (Å²) in [5.74, 6) is -0.783. The van der Waals surface area contributed by atoms with Crippen LogP contribution < -0.4 is 10.9 Å². The number of benzene rings is 2. The number of carbonyl (C=O) groups is 1. The van der Waals surface area contributed by atoms with E-state index in [0.717, 1.165) is 15.8 Å².